The van der Waals surface area contributed by atoms with E-state index in [-0.39, 0.29) is 5.91 Å². The molecule has 1 aromatic rings. The molecule has 1 aromatic carbocycles. The van der Waals surface area contributed by atoms with Crippen molar-refractivity contribution in [3.05, 3.63) is 34.3 Å². The van der Waals surface area contributed by atoms with Gasteiger partial charge >= 0.3 is 0 Å². The first-order valence-corrected chi connectivity index (χ1v) is 7.99. The van der Waals surface area contributed by atoms with Crippen LogP contribution in [-0.2, 0) is 0 Å². The van der Waals surface area contributed by atoms with Crippen molar-refractivity contribution >= 4 is 21.8 Å². The van der Waals surface area contributed by atoms with Crippen molar-refractivity contribution in [2.75, 3.05) is 21.1 Å². The van der Waals surface area contributed by atoms with Crippen LogP contribution in [0.2, 0.25) is 0 Å². The second-order valence-electron chi connectivity index (χ2n) is 5.81. The molecule has 0 spiro atoms. The van der Waals surface area contributed by atoms with E-state index < -0.39 is 0 Å². The Balaban J connectivity index is 2.14. The number of carbonyl (C=O) groups is 1. The first-order chi connectivity index (χ1) is 9.50. The molecule has 0 saturated heterocycles. The second-order valence-corrected chi connectivity index (χ2v) is 6.72. The van der Waals surface area contributed by atoms with Crippen molar-refractivity contribution in [3.63, 3.8) is 0 Å². The van der Waals surface area contributed by atoms with E-state index in [1.807, 2.05) is 36.2 Å². The molecule has 20 heavy (non-hydrogen) atoms. The molecule has 0 unspecified atom stereocenters. The standard InChI is InChI=1S/C16H23BrN2O/c1-18(2)14-6-4-5-7-15(14)19(3)16(20)12-8-10-13(17)11-9-12/h8-11,14-15H,4-7H2,1-3H3/t14-,15-/m0/s1. The summed E-state index contributed by atoms with van der Waals surface area (Å²) in [4.78, 5) is 16.8. The second kappa shape index (κ2) is 6.72. The fourth-order valence-corrected chi connectivity index (χ4v) is 3.36. The normalized spacial score (nSPS) is 22.9. The molecule has 0 bridgehead atoms. The summed E-state index contributed by atoms with van der Waals surface area (Å²) in [6.07, 6.45) is 4.75. The third-order valence-electron chi connectivity index (χ3n) is 4.27. The van der Waals surface area contributed by atoms with Crippen LogP contribution in [0.15, 0.2) is 28.7 Å². The van der Waals surface area contributed by atoms with Gasteiger partial charge in [-0.2, -0.15) is 0 Å². The van der Waals surface area contributed by atoms with E-state index in [2.05, 4.69) is 34.9 Å². The topological polar surface area (TPSA) is 23.6 Å². The summed E-state index contributed by atoms with van der Waals surface area (Å²) in [5, 5.41) is 0. The minimum absolute atomic E-state index is 0.122. The quantitative estimate of drug-likeness (QED) is 0.843. The van der Waals surface area contributed by atoms with Crippen LogP contribution in [0, 0.1) is 0 Å². The highest BCUT2D eigenvalue weighted by atomic mass is 79.9. The summed E-state index contributed by atoms with van der Waals surface area (Å²) >= 11 is 3.41. The number of hydrogen-bond acceptors (Lipinski definition) is 2. The van der Waals surface area contributed by atoms with Crippen LogP contribution in [0.3, 0.4) is 0 Å². The number of halogens is 1. The van der Waals surface area contributed by atoms with Crippen LogP contribution in [0.25, 0.3) is 0 Å². The molecule has 3 nitrogen and oxygen atoms in total. The molecule has 4 heteroatoms. The fourth-order valence-electron chi connectivity index (χ4n) is 3.09. The van der Waals surface area contributed by atoms with Crippen LogP contribution in [-0.4, -0.2) is 48.9 Å². The van der Waals surface area contributed by atoms with E-state index in [4.69, 9.17) is 0 Å². The summed E-state index contributed by atoms with van der Waals surface area (Å²) < 4.78 is 1.00. The molecule has 0 aromatic heterocycles. The van der Waals surface area contributed by atoms with E-state index in [0.29, 0.717) is 12.1 Å². The Morgan fingerprint density at radius 1 is 1.05 bits per heavy atom. The molecule has 0 aliphatic heterocycles. The molecule has 2 rings (SSSR count). The number of nitrogens with zero attached hydrogens (tertiary/aromatic N) is 2. The molecule has 1 fully saturated rings. The summed E-state index contributed by atoms with van der Waals surface area (Å²) in [6, 6.07) is 8.40. The number of rotatable bonds is 3. The predicted octanol–water partition coefficient (Wildman–Crippen LogP) is 3.39. The summed E-state index contributed by atoms with van der Waals surface area (Å²) in [5.41, 5.74) is 0.763. The van der Waals surface area contributed by atoms with Gasteiger partial charge in [-0.3, -0.25) is 4.79 Å². The molecular weight excluding hydrogens is 316 g/mol. The maximum Gasteiger partial charge on any atom is 0.253 e. The van der Waals surface area contributed by atoms with Gasteiger partial charge in [0.1, 0.15) is 0 Å². The lowest BCUT2D eigenvalue weighted by molar-refractivity contribution is 0.0544. The van der Waals surface area contributed by atoms with Crippen LogP contribution < -0.4 is 0 Å². The van der Waals surface area contributed by atoms with Crippen molar-refractivity contribution in [2.24, 2.45) is 0 Å². The minimum atomic E-state index is 0.122. The Morgan fingerprint density at radius 2 is 1.60 bits per heavy atom. The maximum atomic E-state index is 12.6. The number of hydrogen-bond donors (Lipinski definition) is 0. The van der Waals surface area contributed by atoms with Gasteiger partial charge in [0.25, 0.3) is 5.91 Å². The van der Waals surface area contributed by atoms with Crippen molar-refractivity contribution in [1.82, 2.24) is 9.80 Å². The predicted molar refractivity (Wildman–Crippen MR) is 86.0 cm³/mol. The molecule has 1 amide bonds. The van der Waals surface area contributed by atoms with Gasteiger partial charge in [-0.05, 0) is 51.2 Å². The molecule has 0 radical (unpaired) electrons. The maximum absolute atomic E-state index is 12.6. The lowest BCUT2D eigenvalue weighted by atomic mass is 9.88. The molecule has 0 N–H and O–H groups in total. The zero-order chi connectivity index (χ0) is 14.7. The highest BCUT2D eigenvalue weighted by Crippen LogP contribution is 2.26. The van der Waals surface area contributed by atoms with Gasteiger partial charge < -0.3 is 9.80 Å². The van der Waals surface area contributed by atoms with E-state index >= 15 is 0 Å². The van der Waals surface area contributed by atoms with Crippen molar-refractivity contribution in [2.45, 2.75) is 37.8 Å². The fraction of sp³-hybridized carbons (Fsp3) is 0.562. The zero-order valence-corrected chi connectivity index (χ0v) is 14.1. The minimum Gasteiger partial charge on any atom is -0.337 e. The van der Waals surface area contributed by atoms with Gasteiger partial charge in [0.05, 0.1) is 0 Å². The molecule has 2 atom stereocenters. The monoisotopic (exact) mass is 338 g/mol. The first kappa shape index (κ1) is 15.5. The Hall–Kier alpha value is -0.870. The third-order valence-corrected chi connectivity index (χ3v) is 4.79. The lowest BCUT2D eigenvalue weighted by Crippen LogP contribution is -2.51. The van der Waals surface area contributed by atoms with Crippen molar-refractivity contribution < 1.29 is 4.79 Å². The van der Waals surface area contributed by atoms with Crippen LogP contribution in [0.5, 0.6) is 0 Å². The van der Waals surface area contributed by atoms with Gasteiger partial charge in [0, 0.05) is 29.2 Å². The van der Waals surface area contributed by atoms with E-state index in [1.165, 1.54) is 19.3 Å². The van der Waals surface area contributed by atoms with Crippen molar-refractivity contribution in [1.29, 1.82) is 0 Å². The van der Waals surface area contributed by atoms with E-state index in [1.54, 1.807) is 0 Å². The van der Waals surface area contributed by atoms with Gasteiger partial charge in [-0.1, -0.05) is 28.8 Å². The van der Waals surface area contributed by atoms with Crippen LogP contribution in [0.4, 0.5) is 0 Å². The number of likely N-dealkylation sites (N-methyl/N-ethyl adjacent to an activating group) is 2. The van der Waals surface area contributed by atoms with Crippen LogP contribution in [0.1, 0.15) is 36.0 Å². The Labute approximate surface area is 130 Å². The third kappa shape index (κ3) is 3.41. The smallest absolute Gasteiger partial charge is 0.253 e. The molecule has 110 valence electrons. The van der Waals surface area contributed by atoms with Crippen molar-refractivity contribution in [3.8, 4) is 0 Å². The highest BCUT2D eigenvalue weighted by Gasteiger charge is 2.32. The average Bonchev–Trinajstić information content (AvgIpc) is 2.46. The molecular formula is C16H23BrN2O. The molecule has 1 aliphatic rings. The SMILES string of the molecule is CN(C)[C@H]1CCCC[C@@H]1N(C)C(=O)c1ccc(Br)cc1. The summed E-state index contributed by atoms with van der Waals surface area (Å²) in [7, 11) is 6.17. The number of carbonyl (C=O) groups excluding carboxylic acids is 1. The van der Waals surface area contributed by atoms with E-state index in [9.17, 15) is 4.79 Å². The summed E-state index contributed by atoms with van der Waals surface area (Å²) in [5.74, 6) is 0.122. The Kier molecular flexibility index (Phi) is 5.22. The zero-order valence-electron chi connectivity index (χ0n) is 12.5. The largest absolute Gasteiger partial charge is 0.337 e. The Morgan fingerprint density at radius 3 is 2.15 bits per heavy atom. The van der Waals surface area contributed by atoms with Gasteiger partial charge in [-0.15, -0.1) is 0 Å². The summed E-state index contributed by atoms with van der Waals surface area (Å²) in [6.45, 7) is 0. The van der Waals surface area contributed by atoms with Gasteiger partial charge in [-0.25, -0.2) is 0 Å². The first-order valence-electron chi connectivity index (χ1n) is 7.20. The molecule has 1 aliphatic carbocycles. The Bertz CT molecular complexity index is 458. The average molecular weight is 339 g/mol. The van der Waals surface area contributed by atoms with Gasteiger partial charge in [0.2, 0.25) is 0 Å². The van der Waals surface area contributed by atoms with Crippen LogP contribution >= 0.6 is 15.9 Å². The van der Waals surface area contributed by atoms with Gasteiger partial charge in [0.15, 0.2) is 0 Å². The number of amides is 1. The molecule has 0 heterocycles. The molecule has 1 saturated carbocycles. The van der Waals surface area contributed by atoms with E-state index in [0.717, 1.165) is 16.5 Å². The highest BCUT2D eigenvalue weighted by molar-refractivity contribution is 9.10. The lowest BCUT2D eigenvalue weighted by Gasteiger charge is -2.41. The number of benzene rings is 1.